The molecule has 3 aromatic rings. The molecular formula is C25H24NO+. The van der Waals surface area contributed by atoms with E-state index in [0.29, 0.717) is 6.42 Å². The van der Waals surface area contributed by atoms with Gasteiger partial charge in [-0.3, -0.25) is 0 Å². The third kappa shape index (κ3) is 3.40. The number of quaternary nitrogens is 1. The Kier molecular flexibility index (Phi) is 4.81. The van der Waals surface area contributed by atoms with Gasteiger partial charge < -0.3 is 10.0 Å². The number of aliphatic hydroxyl groups is 1. The summed E-state index contributed by atoms with van der Waals surface area (Å²) in [5, 5.41) is 11.5. The SMILES string of the molecule is C[NH+](CC#CCC1(O)c2ccccc2-c2ccccc21)Cc1ccccc1. The second-order valence-electron chi connectivity index (χ2n) is 7.28. The van der Waals surface area contributed by atoms with Gasteiger partial charge in [0.25, 0.3) is 0 Å². The molecule has 0 saturated heterocycles. The predicted molar refractivity (Wildman–Crippen MR) is 109 cm³/mol. The second kappa shape index (κ2) is 7.40. The van der Waals surface area contributed by atoms with Crippen LogP contribution in [0.5, 0.6) is 0 Å². The van der Waals surface area contributed by atoms with Gasteiger partial charge in [-0.2, -0.15) is 0 Å². The molecule has 0 fully saturated rings. The van der Waals surface area contributed by atoms with Crippen molar-refractivity contribution in [3.05, 3.63) is 95.6 Å². The molecule has 1 aliphatic carbocycles. The van der Waals surface area contributed by atoms with Crippen LogP contribution < -0.4 is 4.90 Å². The summed E-state index contributed by atoms with van der Waals surface area (Å²) in [6, 6.07) is 26.7. The average molecular weight is 354 g/mol. The smallest absolute Gasteiger partial charge is 0.139 e. The molecule has 0 aromatic heterocycles. The van der Waals surface area contributed by atoms with Crippen LogP contribution in [-0.2, 0) is 12.1 Å². The molecule has 27 heavy (non-hydrogen) atoms. The number of fused-ring (bicyclic) bond motifs is 3. The molecule has 4 rings (SSSR count). The van der Waals surface area contributed by atoms with E-state index in [1.54, 1.807) is 0 Å². The lowest BCUT2D eigenvalue weighted by molar-refractivity contribution is -0.886. The summed E-state index contributed by atoms with van der Waals surface area (Å²) in [6.07, 6.45) is 0.416. The van der Waals surface area contributed by atoms with E-state index in [4.69, 9.17) is 0 Å². The van der Waals surface area contributed by atoms with E-state index in [2.05, 4.69) is 55.3 Å². The Morgan fingerprint density at radius 1 is 0.778 bits per heavy atom. The molecule has 1 atom stereocenters. The van der Waals surface area contributed by atoms with Crippen molar-refractivity contribution in [2.24, 2.45) is 0 Å². The minimum absolute atomic E-state index is 0.416. The quantitative estimate of drug-likeness (QED) is 0.692. The fraction of sp³-hybridized carbons (Fsp3) is 0.200. The molecule has 2 heteroatoms. The summed E-state index contributed by atoms with van der Waals surface area (Å²) in [5.74, 6) is 6.52. The van der Waals surface area contributed by atoms with Crippen molar-refractivity contribution in [2.75, 3.05) is 13.6 Å². The van der Waals surface area contributed by atoms with Crippen LogP contribution in [0.4, 0.5) is 0 Å². The van der Waals surface area contributed by atoms with E-state index in [-0.39, 0.29) is 0 Å². The molecule has 1 unspecified atom stereocenters. The van der Waals surface area contributed by atoms with Crippen molar-refractivity contribution in [1.82, 2.24) is 0 Å². The standard InChI is InChI=1S/C25H23NO/c1-26(19-20-11-3-2-4-12-20)18-10-9-17-25(27)23-15-7-5-13-21(23)22-14-6-8-16-24(22)25/h2-8,11-16,27H,17-19H2,1H3/p+1. The Balaban J connectivity index is 1.49. The molecule has 3 aromatic carbocycles. The van der Waals surface area contributed by atoms with Gasteiger partial charge in [-0.25, -0.2) is 0 Å². The first-order chi connectivity index (χ1) is 13.2. The summed E-state index contributed by atoms with van der Waals surface area (Å²) in [5.41, 5.74) is 4.45. The summed E-state index contributed by atoms with van der Waals surface area (Å²) in [7, 11) is 2.15. The normalized spacial score (nSPS) is 14.6. The molecule has 0 amide bonds. The molecule has 2 N–H and O–H groups in total. The fourth-order valence-electron chi connectivity index (χ4n) is 3.90. The highest BCUT2D eigenvalue weighted by Crippen LogP contribution is 2.48. The van der Waals surface area contributed by atoms with Crippen LogP contribution in [-0.4, -0.2) is 18.7 Å². The summed E-state index contributed by atoms with van der Waals surface area (Å²) in [6.45, 7) is 1.71. The van der Waals surface area contributed by atoms with Crippen molar-refractivity contribution in [3.63, 3.8) is 0 Å². The molecule has 134 valence electrons. The monoisotopic (exact) mass is 354 g/mol. The zero-order valence-electron chi connectivity index (χ0n) is 15.6. The molecular weight excluding hydrogens is 330 g/mol. The molecule has 0 saturated carbocycles. The van der Waals surface area contributed by atoms with Gasteiger partial charge in [-0.15, -0.1) is 0 Å². The first-order valence-electron chi connectivity index (χ1n) is 9.41. The maximum atomic E-state index is 11.5. The van der Waals surface area contributed by atoms with Gasteiger partial charge in [0.05, 0.1) is 7.05 Å². The lowest BCUT2D eigenvalue weighted by atomic mass is 9.88. The minimum atomic E-state index is -1.02. The summed E-state index contributed by atoms with van der Waals surface area (Å²) in [4.78, 5) is 1.34. The highest BCUT2D eigenvalue weighted by Gasteiger charge is 2.40. The van der Waals surface area contributed by atoms with Gasteiger partial charge >= 0.3 is 0 Å². The van der Waals surface area contributed by atoms with Crippen LogP contribution >= 0.6 is 0 Å². The Labute approximate surface area is 161 Å². The van der Waals surface area contributed by atoms with Gasteiger partial charge in [0.15, 0.2) is 0 Å². The Hall–Kier alpha value is -2.86. The van der Waals surface area contributed by atoms with E-state index in [9.17, 15) is 5.11 Å². The first kappa shape index (κ1) is 17.5. The molecule has 1 aliphatic rings. The highest BCUT2D eigenvalue weighted by molar-refractivity contribution is 5.80. The van der Waals surface area contributed by atoms with Crippen LogP contribution in [0.15, 0.2) is 78.9 Å². The van der Waals surface area contributed by atoms with E-state index < -0.39 is 5.60 Å². The van der Waals surface area contributed by atoms with Crippen LogP contribution in [0.3, 0.4) is 0 Å². The zero-order chi connectivity index (χ0) is 18.7. The van der Waals surface area contributed by atoms with Crippen molar-refractivity contribution in [3.8, 4) is 23.0 Å². The van der Waals surface area contributed by atoms with Gasteiger partial charge in [0, 0.05) is 12.0 Å². The number of rotatable bonds is 4. The van der Waals surface area contributed by atoms with E-state index in [0.717, 1.165) is 35.3 Å². The van der Waals surface area contributed by atoms with Crippen LogP contribution in [0.1, 0.15) is 23.1 Å². The summed E-state index contributed by atoms with van der Waals surface area (Å²) < 4.78 is 0. The van der Waals surface area contributed by atoms with Crippen molar-refractivity contribution in [1.29, 1.82) is 0 Å². The van der Waals surface area contributed by atoms with Gasteiger partial charge in [0.2, 0.25) is 0 Å². The van der Waals surface area contributed by atoms with Crippen molar-refractivity contribution in [2.45, 2.75) is 18.6 Å². The van der Waals surface area contributed by atoms with Gasteiger partial charge in [0.1, 0.15) is 18.7 Å². The third-order valence-corrected chi connectivity index (χ3v) is 5.24. The van der Waals surface area contributed by atoms with E-state index in [1.807, 2.05) is 42.5 Å². The Morgan fingerprint density at radius 2 is 1.33 bits per heavy atom. The zero-order valence-corrected chi connectivity index (χ0v) is 15.6. The third-order valence-electron chi connectivity index (χ3n) is 5.24. The maximum absolute atomic E-state index is 11.5. The Bertz CT molecular complexity index is 952. The van der Waals surface area contributed by atoms with Crippen molar-refractivity contribution >= 4 is 0 Å². The van der Waals surface area contributed by atoms with Crippen LogP contribution in [0.25, 0.3) is 11.1 Å². The number of nitrogens with one attached hydrogen (secondary N) is 1. The predicted octanol–water partition coefficient (Wildman–Crippen LogP) is 3.01. The number of benzene rings is 3. The van der Waals surface area contributed by atoms with Crippen molar-refractivity contribution < 1.29 is 10.0 Å². The molecule has 0 radical (unpaired) electrons. The molecule has 0 aliphatic heterocycles. The second-order valence-corrected chi connectivity index (χ2v) is 7.28. The molecule has 2 nitrogen and oxygen atoms in total. The largest absolute Gasteiger partial charge is 0.379 e. The van der Waals surface area contributed by atoms with Crippen LogP contribution in [0.2, 0.25) is 0 Å². The summed E-state index contributed by atoms with van der Waals surface area (Å²) >= 11 is 0. The topological polar surface area (TPSA) is 24.7 Å². The average Bonchev–Trinajstić information content (AvgIpc) is 2.96. The fourth-order valence-corrected chi connectivity index (χ4v) is 3.90. The lowest BCUT2D eigenvalue weighted by Gasteiger charge is -2.23. The number of hydrogen-bond donors (Lipinski definition) is 2. The van der Waals surface area contributed by atoms with E-state index in [1.165, 1.54) is 10.5 Å². The molecule has 0 spiro atoms. The molecule has 0 bridgehead atoms. The highest BCUT2D eigenvalue weighted by atomic mass is 16.3. The van der Waals surface area contributed by atoms with Gasteiger partial charge in [-0.05, 0) is 28.2 Å². The Morgan fingerprint density at radius 3 is 1.96 bits per heavy atom. The minimum Gasteiger partial charge on any atom is -0.379 e. The van der Waals surface area contributed by atoms with Gasteiger partial charge in [-0.1, -0.05) is 84.8 Å². The lowest BCUT2D eigenvalue weighted by Crippen LogP contribution is -3.07. The number of hydrogen-bond acceptors (Lipinski definition) is 1. The first-order valence-corrected chi connectivity index (χ1v) is 9.41. The molecule has 0 heterocycles. The maximum Gasteiger partial charge on any atom is 0.139 e. The van der Waals surface area contributed by atoms with E-state index >= 15 is 0 Å². The van der Waals surface area contributed by atoms with Crippen LogP contribution in [0, 0.1) is 11.8 Å².